The van der Waals surface area contributed by atoms with Crippen molar-refractivity contribution >= 4 is 10.8 Å². The fourth-order valence-electron chi connectivity index (χ4n) is 2.81. The van der Waals surface area contributed by atoms with Gasteiger partial charge in [-0.3, -0.25) is 4.98 Å². The van der Waals surface area contributed by atoms with E-state index in [2.05, 4.69) is 10.3 Å². The van der Waals surface area contributed by atoms with Crippen LogP contribution >= 0.6 is 0 Å². The van der Waals surface area contributed by atoms with Crippen LogP contribution < -0.4 is 5.32 Å². The Morgan fingerprint density at radius 1 is 1.20 bits per heavy atom. The van der Waals surface area contributed by atoms with E-state index in [0.717, 1.165) is 37.7 Å². The normalized spacial score (nSPS) is 20.2. The van der Waals surface area contributed by atoms with Crippen molar-refractivity contribution < 1.29 is 13.2 Å². The highest BCUT2D eigenvalue weighted by atomic mass is 19.4. The molecule has 1 N–H and O–H groups in total. The van der Waals surface area contributed by atoms with Gasteiger partial charge in [0.1, 0.15) is 0 Å². The summed E-state index contributed by atoms with van der Waals surface area (Å²) in [6.07, 6.45) is 0.212. The molecule has 0 aliphatic carbocycles. The molecule has 0 amide bonds. The van der Waals surface area contributed by atoms with Crippen molar-refractivity contribution in [1.29, 1.82) is 0 Å². The largest absolute Gasteiger partial charge is 0.418 e. The molecule has 0 spiro atoms. The number of fused-ring (bicyclic) bond motifs is 1. The molecule has 106 valence electrons. The fraction of sp³-hybridized carbons (Fsp3) is 0.400. The molecule has 0 saturated carbocycles. The highest BCUT2D eigenvalue weighted by Gasteiger charge is 2.33. The lowest BCUT2D eigenvalue weighted by molar-refractivity contribution is -0.136. The molecule has 1 aromatic carbocycles. The molecule has 1 saturated heterocycles. The zero-order chi connectivity index (χ0) is 14.2. The molecule has 1 unspecified atom stereocenters. The van der Waals surface area contributed by atoms with Crippen LogP contribution in [0.1, 0.15) is 29.9 Å². The van der Waals surface area contributed by atoms with Crippen LogP contribution in [0.5, 0.6) is 0 Å². The molecule has 20 heavy (non-hydrogen) atoms. The smallest absolute Gasteiger partial charge is 0.316 e. The number of hydrogen-bond donors (Lipinski definition) is 1. The number of pyridine rings is 1. The first-order valence-corrected chi connectivity index (χ1v) is 6.71. The van der Waals surface area contributed by atoms with Crippen LogP contribution in [0.4, 0.5) is 13.2 Å². The van der Waals surface area contributed by atoms with Crippen molar-refractivity contribution in [3.05, 3.63) is 41.7 Å². The van der Waals surface area contributed by atoms with E-state index in [1.165, 1.54) is 6.20 Å². The maximum absolute atomic E-state index is 12.9. The Morgan fingerprint density at radius 3 is 2.75 bits per heavy atom. The van der Waals surface area contributed by atoms with E-state index in [9.17, 15) is 13.2 Å². The number of benzene rings is 1. The second kappa shape index (κ2) is 5.05. The SMILES string of the molecule is FC(F)(F)c1cncc2cc(C3CCCNC3)ccc12. The average molecular weight is 280 g/mol. The molecule has 0 bridgehead atoms. The highest BCUT2D eigenvalue weighted by Crippen LogP contribution is 2.35. The standard InChI is InChI=1S/C15H15F3N2/c16-15(17,18)14-9-20-8-12-6-10(3-4-13(12)14)11-2-1-5-19-7-11/h3-4,6,8-9,11,19H,1-2,5,7H2. The minimum atomic E-state index is -4.36. The second-order valence-corrected chi connectivity index (χ2v) is 5.21. The van der Waals surface area contributed by atoms with Crippen molar-refractivity contribution in [2.75, 3.05) is 13.1 Å². The van der Waals surface area contributed by atoms with Gasteiger partial charge >= 0.3 is 6.18 Å². The van der Waals surface area contributed by atoms with Gasteiger partial charge in [0.2, 0.25) is 0 Å². The van der Waals surface area contributed by atoms with Crippen molar-refractivity contribution in [3.8, 4) is 0 Å². The first-order valence-electron chi connectivity index (χ1n) is 6.71. The molecule has 1 aliphatic rings. The predicted octanol–water partition coefficient (Wildman–Crippen LogP) is 3.72. The zero-order valence-electron chi connectivity index (χ0n) is 10.9. The van der Waals surface area contributed by atoms with Crippen molar-refractivity contribution in [3.63, 3.8) is 0 Å². The van der Waals surface area contributed by atoms with Crippen molar-refractivity contribution in [2.24, 2.45) is 0 Å². The molecule has 1 aromatic heterocycles. The van der Waals surface area contributed by atoms with E-state index in [-0.39, 0.29) is 5.39 Å². The summed E-state index contributed by atoms with van der Waals surface area (Å²) in [7, 11) is 0. The number of alkyl halides is 3. The third-order valence-electron chi connectivity index (χ3n) is 3.86. The Balaban J connectivity index is 2.04. The van der Waals surface area contributed by atoms with Gasteiger partial charge in [-0.25, -0.2) is 0 Å². The maximum atomic E-state index is 12.9. The molecule has 0 radical (unpaired) electrons. The van der Waals surface area contributed by atoms with Crippen LogP contribution in [-0.2, 0) is 6.18 Å². The van der Waals surface area contributed by atoms with Crippen LogP contribution in [0.3, 0.4) is 0 Å². The Morgan fingerprint density at radius 2 is 2.05 bits per heavy atom. The molecular formula is C15H15F3N2. The number of nitrogens with zero attached hydrogens (tertiary/aromatic N) is 1. The van der Waals surface area contributed by atoms with Gasteiger partial charge < -0.3 is 5.32 Å². The quantitative estimate of drug-likeness (QED) is 0.861. The Hall–Kier alpha value is -1.62. The predicted molar refractivity (Wildman–Crippen MR) is 71.6 cm³/mol. The van der Waals surface area contributed by atoms with Gasteiger partial charge in [-0.1, -0.05) is 12.1 Å². The minimum Gasteiger partial charge on any atom is -0.316 e. The van der Waals surface area contributed by atoms with Crippen LogP contribution in [0, 0.1) is 0 Å². The van der Waals surface area contributed by atoms with Gasteiger partial charge in [0, 0.05) is 24.3 Å². The van der Waals surface area contributed by atoms with Crippen LogP contribution in [0.15, 0.2) is 30.6 Å². The molecule has 1 fully saturated rings. The van der Waals surface area contributed by atoms with Gasteiger partial charge in [0.25, 0.3) is 0 Å². The molecule has 3 rings (SSSR count). The van der Waals surface area contributed by atoms with Crippen LogP contribution in [0.25, 0.3) is 10.8 Å². The lowest BCUT2D eigenvalue weighted by Gasteiger charge is -2.23. The van der Waals surface area contributed by atoms with E-state index < -0.39 is 11.7 Å². The topological polar surface area (TPSA) is 24.9 Å². The van der Waals surface area contributed by atoms with Crippen molar-refractivity contribution in [2.45, 2.75) is 24.9 Å². The number of halogens is 3. The summed E-state index contributed by atoms with van der Waals surface area (Å²) in [6, 6.07) is 5.23. The molecule has 5 heteroatoms. The summed E-state index contributed by atoms with van der Waals surface area (Å²) in [6.45, 7) is 1.90. The highest BCUT2D eigenvalue weighted by molar-refractivity contribution is 5.86. The molecule has 2 aromatic rings. The molecule has 2 heterocycles. The van der Waals surface area contributed by atoms with E-state index >= 15 is 0 Å². The molecule has 1 atom stereocenters. The summed E-state index contributed by atoms with van der Waals surface area (Å²) in [5.74, 6) is 0.377. The van der Waals surface area contributed by atoms with Gasteiger partial charge in [-0.05, 0) is 42.3 Å². The molecule has 1 aliphatic heterocycles. The zero-order valence-corrected chi connectivity index (χ0v) is 10.9. The minimum absolute atomic E-state index is 0.222. The third-order valence-corrected chi connectivity index (χ3v) is 3.86. The summed E-state index contributed by atoms with van der Waals surface area (Å²) < 4.78 is 38.8. The number of aromatic nitrogens is 1. The van der Waals surface area contributed by atoms with Gasteiger partial charge in [0.15, 0.2) is 0 Å². The number of nitrogens with one attached hydrogen (secondary N) is 1. The third kappa shape index (κ3) is 2.50. The number of rotatable bonds is 1. The fourth-order valence-corrected chi connectivity index (χ4v) is 2.81. The van der Waals surface area contributed by atoms with Gasteiger partial charge in [-0.2, -0.15) is 13.2 Å². The lowest BCUT2D eigenvalue weighted by atomic mass is 9.90. The first kappa shape index (κ1) is 13.4. The lowest BCUT2D eigenvalue weighted by Crippen LogP contribution is -2.28. The summed E-state index contributed by atoms with van der Waals surface area (Å²) in [4.78, 5) is 3.73. The molecular weight excluding hydrogens is 265 g/mol. The number of piperidine rings is 1. The molecule has 2 nitrogen and oxygen atoms in total. The van der Waals surface area contributed by atoms with Crippen LogP contribution in [-0.4, -0.2) is 18.1 Å². The van der Waals surface area contributed by atoms with Crippen molar-refractivity contribution in [1.82, 2.24) is 10.3 Å². The summed E-state index contributed by atoms with van der Waals surface area (Å²) >= 11 is 0. The van der Waals surface area contributed by atoms with E-state index in [0.29, 0.717) is 11.3 Å². The Kier molecular flexibility index (Phi) is 3.38. The first-order chi connectivity index (χ1) is 9.55. The monoisotopic (exact) mass is 280 g/mol. The van der Waals surface area contributed by atoms with E-state index in [4.69, 9.17) is 0 Å². The van der Waals surface area contributed by atoms with Crippen LogP contribution in [0.2, 0.25) is 0 Å². The maximum Gasteiger partial charge on any atom is 0.418 e. The van der Waals surface area contributed by atoms with E-state index in [1.807, 2.05) is 12.1 Å². The Labute approximate surface area is 115 Å². The Bertz CT molecular complexity index is 616. The second-order valence-electron chi connectivity index (χ2n) is 5.21. The average Bonchev–Trinajstić information content (AvgIpc) is 2.46. The number of hydrogen-bond acceptors (Lipinski definition) is 2. The van der Waals surface area contributed by atoms with Gasteiger partial charge in [-0.15, -0.1) is 0 Å². The summed E-state index contributed by atoms with van der Waals surface area (Å²) in [5, 5.41) is 4.10. The van der Waals surface area contributed by atoms with Gasteiger partial charge in [0.05, 0.1) is 5.56 Å². The van der Waals surface area contributed by atoms with E-state index in [1.54, 1.807) is 6.07 Å². The summed E-state index contributed by atoms with van der Waals surface area (Å²) in [5.41, 5.74) is 0.425.